The predicted octanol–water partition coefficient (Wildman–Crippen LogP) is 1.09. The number of pyridine rings is 1. The molecule has 0 unspecified atom stereocenters. The van der Waals surface area contributed by atoms with E-state index in [-0.39, 0.29) is 11.5 Å². The lowest BCUT2D eigenvalue weighted by Crippen LogP contribution is -2.12. The second kappa shape index (κ2) is 4.26. The van der Waals surface area contributed by atoms with Gasteiger partial charge in [-0.1, -0.05) is 0 Å². The van der Waals surface area contributed by atoms with Gasteiger partial charge in [0.25, 0.3) is 5.91 Å². The van der Waals surface area contributed by atoms with Crippen LogP contribution in [0.4, 0.5) is 13.2 Å². The minimum Gasteiger partial charge on any atom is -0.493 e. The summed E-state index contributed by atoms with van der Waals surface area (Å²) in [6.45, 7) is 0. The lowest BCUT2D eigenvalue weighted by molar-refractivity contribution is -0.137. The van der Waals surface area contributed by atoms with E-state index in [0.29, 0.717) is 6.20 Å². The molecule has 0 aromatic carbocycles. The molecule has 2 aromatic rings. The van der Waals surface area contributed by atoms with Crippen LogP contribution in [0.1, 0.15) is 16.1 Å². The Balaban J connectivity index is 2.40. The van der Waals surface area contributed by atoms with E-state index >= 15 is 0 Å². The monoisotopic (exact) mass is 272 g/mol. The molecule has 0 aliphatic carbocycles. The van der Waals surface area contributed by atoms with Crippen LogP contribution >= 0.6 is 0 Å². The van der Waals surface area contributed by atoms with Crippen molar-refractivity contribution < 1.29 is 23.1 Å². The van der Waals surface area contributed by atoms with Crippen LogP contribution in [0.15, 0.2) is 24.4 Å². The summed E-state index contributed by atoms with van der Waals surface area (Å²) in [4.78, 5) is 14.4. The van der Waals surface area contributed by atoms with Crippen molar-refractivity contribution in [1.82, 2.24) is 14.8 Å². The van der Waals surface area contributed by atoms with E-state index in [1.165, 1.54) is 0 Å². The van der Waals surface area contributed by atoms with Crippen molar-refractivity contribution in [2.24, 2.45) is 5.73 Å². The molecule has 0 aliphatic heterocycles. The number of aromatic nitrogens is 3. The lowest BCUT2D eigenvalue weighted by atomic mass is 10.3. The van der Waals surface area contributed by atoms with Crippen molar-refractivity contribution in [2.75, 3.05) is 0 Å². The summed E-state index contributed by atoms with van der Waals surface area (Å²) in [5.41, 5.74) is 3.80. The fourth-order valence-electron chi connectivity index (χ4n) is 1.34. The van der Waals surface area contributed by atoms with Crippen molar-refractivity contribution in [2.45, 2.75) is 6.18 Å². The highest BCUT2D eigenvalue weighted by Crippen LogP contribution is 2.29. The first kappa shape index (κ1) is 12.9. The number of primary amides is 1. The summed E-state index contributed by atoms with van der Waals surface area (Å²) >= 11 is 0. The molecule has 6 nitrogen and oxygen atoms in total. The summed E-state index contributed by atoms with van der Waals surface area (Å²) in [5.74, 6) is -1.40. The van der Waals surface area contributed by atoms with Gasteiger partial charge in [-0.25, -0.2) is 4.98 Å². The van der Waals surface area contributed by atoms with Gasteiger partial charge in [-0.15, -0.1) is 0 Å². The zero-order valence-corrected chi connectivity index (χ0v) is 9.22. The summed E-state index contributed by atoms with van der Waals surface area (Å²) < 4.78 is 37.8. The average molecular weight is 272 g/mol. The molecule has 100 valence electrons. The van der Waals surface area contributed by atoms with E-state index in [1.807, 2.05) is 0 Å². The normalized spacial score (nSPS) is 11.5. The number of amides is 1. The molecule has 0 fully saturated rings. The van der Waals surface area contributed by atoms with E-state index in [4.69, 9.17) is 5.73 Å². The SMILES string of the molecule is NC(=O)c1cc(O)n(-c2ccc(C(F)(F)F)cn2)n1. The zero-order valence-electron chi connectivity index (χ0n) is 9.22. The number of carbonyl (C=O) groups excluding carboxylic acids is 1. The van der Waals surface area contributed by atoms with Gasteiger partial charge in [0.15, 0.2) is 11.5 Å². The van der Waals surface area contributed by atoms with Crippen LogP contribution in [0.25, 0.3) is 5.82 Å². The lowest BCUT2D eigenvalue weighted by Gasteiger charge is -2.07. The maximum atomic E-state index is 12.3. The first-order chi connectivity index (χ1) is 8.79. The fraction of sp³-hybridized carbons (Fsp3) is 0.100. The van der Waals surface area contributed by atoms with Crippen LogP contribution in [0.2, 0.25) is 0 Å². The highest BCUT2D eigenvalue weighted by molar-refractivity contribution is 5.91. The molecule has 2 rings (SSSR count). The third kappa shape index (κ3) is 2.49. The van der Waals surface area contributed by atoms with E-state index in [1.54, 1.807) is 0 Å². The summed E-state index contributed by atoms with van der Waals surface area (Å²) in [7, 11) is 0. The van der Waals surface area contributed by atoms with Gasteiger partial charge in [0.2, 0.25) is 5.88 Å². The molecule has 0 saturated heterocycles. The van der Waals surface area contributed by atoms with Gasteiger partial charge in [0.05, 0.1) is 5.56 Å². The Morgan fingerprint density at radius 3 is 2.47 bits per heavy atom. The molecule has 1 amide bonds. The molecule has 0 aliphatic rings. The molecular formula is C10H7F3N4O2. The standard InChI is InChI=1S/C10H7F3N4O2/c11-10(12,13)5-1-2-7(15-4-5)17-8(18)3-6(16-17)9(14)19/h1-4,18H,(H2,14,19). The van der Waals surface area contributed by atoms with Gasteiger partial charge in [-0.05, 0) is 12.1 Å². The molecule has 0 atom stereocenters. The quantitative estimate of drug-likeness (QED) is 0.855. The van der Waals surface area contributed by atoms with Gasteiger partial charge in [-0.2, -0.15) is 23.0 Å². The molecule has 0 saturated carbocycles. The zero-order chi connectivity index (χ0) is 14.2. The average Bonchev–Trinajstić information content (AvgIpc) is 2.70. The van der Waals surface area contributed by atoms with Crippen LogP contribution in [-0.4, -0.2) is 25.8 Å². The van der Waals surface area contributed by atoms with Gasteiger partial charge in [0.1, 0.15) is 0 Å². The van der Waals surface area contributed by atoms with Crippen molar-refractivity contribution in [3.63, 3.8) is 0 Å². The molecule has 9 heteroatoms. The first-order valence-electron chi connectivity index (χ1n) is 4.91. The molecule has 0 spiro atoms. The number of nitrogens with two attached hydrogens (primary N) is 1. The minimum atomic E-state index is -4.50. The molecule has 3 N–H and O–H groups in total. The van der Waals surface area contributed by atoms with Crippen molar-refractivity contribution in [3.05, 3.63) is 35.7 Å². The second-order valence-corrected chi connectivity index (χ2v) is 3.57. The maximum Gasteiger partial charge on any atom is 0.417 e. The van der Waals surface area contributed by atoms with Crippen molar-refractivity contribution >= 4 is 5.91 Å². The Labute approximate surface area is 104 Å². The Hall–Kier alpha value is -2.58. The molecule has 0 bridgehead atoms. The highest BCUT2D eigenvalue weighted by atomic mass is 19.4. The van der Waals surface area contributed by atoms with E-state index in [2.05, 4.69) is 10.1 Å². The number of nitrogens with zero attached hydrogens (tertiary/aromatic N) is 3. The number of halogens is 3. The predicted molar refractivity (Wildman–Crippen MR) is 56.5 cm³/mol. The van der Waals surface area contributed by atoms with Crippen LogP contribution < -0.4 is 5.73 Å². The molecule has 2 aromatic heterocycles. The Kier molecular flexibility index (Phi) is 2.89. The van der Waals surface area contributed by atoms with Gasteiger partial charge >= 0.3 is 6.18 Å². The fourth-order valence-corrected chi connectivity index (χ4v) is 1.34. The largest absolute Gasteiger partial charge is 0.493 e. The number of hydrogen-bond donors (Lipinski definition) is 2. The van der Waals surface area contributed by atoms with Gasteiger partial charge in [0, 0.05) is 12.3 Å². The Morgan fingerprint density at radius 2 is 2.05 bits per heavy atom. The topological polar surface area (TPSA) is 94.0 Å². The van der Waals surface area contributed by atoms with Crippen LogP contribution in [0.3, 0.4) is 0 Å². The molecule has 19 heavy (non-hydrogen) atoms. The van der Waals surface area contributed by atoms with Crippen LogP contribution in [0, 0.1) is 0 Å². The Bertz CT molecular complexity index is 619. The third-order valence-electron chi connectivity index (χ3n) is 2.24. The third-order valence-corrected chi connectivity index (χ3v) is 2.24. The summed E-state index contributed by atoms with van der Waals surface area (Å²) in [6.07, 6.45) is -3.91. The Morgan fingerprint density at radius 1 is 1.37 bits per heavy atom. The van der Waals surface area contributed by atoms with Crippen molar-refractivity contribution in [1.29, 1.82) is 0 Å². The van der Waals surface area contributed by atoms with E-state index in [9.17, 15) is 23.1 Å². The number of aromatic hydroxyl groups is 1. The molecule has 0 radical (unpaired) electrons. The maximum absolute atomic E-state index is 12.3. The number of rotatable bonds is 2. The number of hydrogen-bond acceptors (Lipinski definition) is 4. The number of carbonyl (C=O) groups is 1. The number of alkyl halides is 3. The van der Waals surface area contributed by atoms with E-state index in [0.717, 1.165) is 22.9 Å². The minimum absolute atomic E-state index is 0.0713. The van der Waals surface area contributed by atoms with Crippen LogP contribution in [-0.2, 0) is 6.18 Å². The van der Waals surface area contributed by atoms with Gasteiger partial charge in [-0.3, -0.25) is 4.79 Å². The molecular weight excluding hydrogens is 265 g/mol. The second-order valence-electron chi connectivity index (χ2n) is 3.57. The van der Waals surface area contributed by atoms with Crippen LogP contribution in [0.5, 0.6) is 5.88 Å². The van der Waals surface area contributed by atoms with E-state index < -0.39 is 23.5 Å². The summed E-state index contributed by atoms with van der Waals surface area (Å²) in [6, 6.07) is 2.79. The smallest absolute Gasteiger partial charge is 0.417 e. The van der Waals surface area contributed by atoms with Crippen molar-refractivity contribution in [3.8, 4) is 11.7 Å². The first-order valence-corrected chi connectivity index (χ1v) is 4.91. The van der Waals surface area contributed by atoms with Gasteiger partial charge < -0.3 is 10.8 Å². The molecule has 2 heterocycles. The summed E-state index contributed by atoms with van der Waals surface area (Å²) in [5, 5.41) is 13.1. The highest BCUT2D eigenvalue weighted by Gasteiger charge is 2.30.